The minimum atomic E-state index is -0.137. The van der Waals surface area contributed by atoms with Gasteiger partial charge in [-0.1, -0.05) is 5.16 Å². The van der Waals surface area contributed by atoms with Crippen molar-refractivity contribution in [2.75, 3.05) is 19.8 Å². The summed E-state index contributed by atoms with van der Waals surface area (Å²) >= 11 is 0. The van der Waals surface area contributed by atoms with Gasteiger partial charge in [0.1, 0.15) is 0 Å². The molecule has 1 unspecified atom stereocenters. The molecule has 2 aromatic rings. The Morgan fingerprint density at radius 3 is 3.00 bits per heavy atom. The number of hydrogen-bond acceptors (Lipinski definition) is 6. The van der Waals surface area contributed by atoms with Gasteiger partial charge < -0.3 is 14.2 Å². The zero-order chi connectivity index (χ0) is 15.4. The van der Waals surface area contributed by atoms with Crippen LogP contribution in [-0.4, -0.2) is 51.7 Å². The third kappa shape index (κ3) is 3.14. The highest BCUT2D eigenvalue weighted by molar-refractivity contribution is 5.91. The van der Waals surface area contributed by atoms with E-state index in [-0.39, 0.29) is 17.7 Å². The number of rotatable bonds is 4. The fraction of sp³-hybridized carbons (Fsp3) is 0.467. The molecule has 3 rings (SSSR count). The molecule has 1 saturated heterocycles. The van der Waals surface area contributed by atoms with Crippen LogP contribution in [0.5, 0.6) is 0 Å². The lowest BCUT2D eigenvalue weighted by atomic mass is 10.1. The van der Waals surface area contributed by atoms with Crippen LogP contribution in [0, 0.1) is 6.92 Å². The number of amides is 1. The molecule has 0 saturated carbocycles. The Labute approximate surface area is 128 Å². The van der Waals surface area contributed by atoms with Crippen LogP contribution in [0.1, 0.15) is 28.4 Å². The van der Waals surface area contributed by atoms with E-state index in [9.17, 15) is 4.79 Å². The number of carbonyl (C=O) groups excluding carboxylic acids is 1. The SMILES string of the molecule is Cc1nccnc1CCC1COCCN1C(=O)c1ccno1. The Morgan fingerprint density at radius 1 is 1.36 bits per heavy atom. The molecular formula is C15H18N4O3. The van der Waals surface area contributed by atoms with Crippen LogP contribution in [0.15, 0.2) is 29.2 Å². The minimum absolute atomic E-state index is 0.00718. The first-order valence-electron chi connectivity index (χ1n) is 7.31. The summed E-state index contributed by atoms with van der Waals surface area (Å²) in [5, 5.41) is 3.60. The molecule has 22 heavy (non-hydrogen) atoms. The van der Waals surface area contributed by atoms with Crippen molar-refractivity contribution in [2.24, 2.45) is 0 Å². The average Bonchev–Trinajstić information content (AvgIpc) is 3.08. The zero-order valence-corrected chi connectivity index (χ0v) is 12.4. The van der Waals surface area contributed by atoms with Crippen molar-refractivity contribution in [1.82, 2.24) is 20.0 Å². The average molecular weight is 302 g/mol. The van der Waals surface area contributed by atoms with Crippen LogP contribution >= 0.6 is 0 Å². The van der Waals surface area contributed by atoms with Crippen LogP contribution in [0.2, 0.25) is 0 Å². The van der Waals surface area contributed by atoms with Crippen LogP contribution in [0.4, 0.5) is 0 Å². The molecule has 1 aliphatic heterocycles. The molecule has 7 heteroatoms. The Balaban J connectivity index is 1.68. The van der Waals surface area contributed by atoms with Gasteiger partial charge in [-0.2, -0.15) is 0 Å². The molecule has 7 nitrogen and oxygen atoms in total. The third-order valence-corrected chi connectivity index (χ3v) is 3.83. The van der Waals surface area contributed by atoms with Crippen LogP contribution in [0.3, 0.4) is 0 Å². The van der Waals surface area contributed by atoms with Gasteiger partial charge in [-0.05, 0) is 19.8 Å². The maximum atomic E-state index is 12.5. The Bertz CT molecular complexity index is 629. The van der Waals surface area contributed by atoms with Crippen molar-refractivity contribution in [1.29, 1.82) is 0 Å². The standard InChI is InChI=1S/C15H18N4O3/c1-11-13(17-7-6-16-11)3-2-12-10-21-9-8-19(12)15(20)14-4-5-18-22-14/h4-7,12H,2-3,8-10H2,1H3. The topological polar surface area (TPSA) is 81.4 Å². The highest BCUT2D eigenvalue weighted by Crippen LogP contribution is 2.17. The monoisotopic (exact) mass is 302 g/mol. The lowest BCUT2D eigenvalue weighted by Crippen LogP contribution is -2.48. The Kier molecular flexibility index (Phi) is 4.43. The molecule has 1 fully saturated rings. The number of nitrogens with zero attached hydrogens (tertiary/aromatic N) is 4. The van der Waals surface area contributed by atoms with E-state index < -0.39 is 0 Å². The summed E-state index contributed by atoms with van der Waals surface area (Å²) < 4.78 is 10.5. The predicted octanol–water partition coefficient (Wildman–Crippen LogP) is 1.25. The number of aromatic nitrogens is 3. The zero-order valence-electron chi connectivity index (χ0n) is 12.4. The highest BCUT2D eigenvalue weighted by Gasteiger charge is 2.29. The van der Waals surface area contributed by atoms with Gasteiger partial charge >= 0.3 is 0 Å². The normalized spacial score (nSPS) is 18.4. The molecular weight excluding hydrogens is 284 g/mol. The van der Waals surface area contributed by atoms with Crippen LogP contribution in [0.25, 0.3) is 0 Å². The van der Waals surface area contributed by atoms with Crippen molar-refractivity contribution < 1.29 is 14.1 Å². The second-order valence-electron chi connectivity index (χ2n) is 5.23. The number of ether oxygens (including phenoxy) is 1. The molecule has 2 aromatic heterocycles. The number of morpholine rings is 1. The van der Waals surface area contributed by atoms with E-state index in [1.807, 2.05) is 6.92 Å². The number of aryl methyl sites for hydroxylation is 2. The summed E-state index contributed by atoms with van der Waals surface area (Å²) in [6.07, 6.45) is 6.39. The summed E-state index contributed by atoms with van der Waals surface area (Å²) in [5.41, 5.74) is 1.88. The van der Waals surface area contributed by atoms with E-state index in [0.717, 1.165) is 24.2 Å². The van der Waals surface area contributed by atoms with Gasteiger partial charge in [0.15, 0.2) is 0 Å². The van der Waals surface area contributed by atoms with E-state index >= 15 is 0 Å². The maximum Gasteiger partial charge on any atom is 0.292 e. The lowest BCUT2D eigenvalue weighted by Gasteiger charge is -2.35. The second-order valence-corrected chi connectivity index (χ2v) is 5.23. The number of carbonyl (C=O) groups is 1. The highest BCUT2D eigenvalue weighted by atomic mass is 16.5. The van der Waals surface area contributed by atoms with Crippen molar-refractivity contribution in [3.8, 4) is 0 Å². The van der Waals surface area contributed by atoms with Crippen LogP contribution in [-0.2, 0) is 11.2 Å². The second kappa shape index (κ2) is 6.65. The van der Waals surface area contributed by atoms with Crippen LogP contribution < -0.4 is 0 Å². The Hall–Kier alpha value is -2.28. The molecule has 0 spiro atoms. The first kappa shape index (κ1) is 14.6. The molecule has 1 atom stereocenters. The molecule has 1 aliphatic rings. The van der Waals surface area contributed by atoms with Gasteiger partial charge in [0, 0.05) is 25.0 Å². The van der Waals surface area contributed by atoms with E-state index in [1.54, 1.807) is 23.4 Å². The van der Waals surface area contributed by atoms with Gasteiger partial charge in [0.2, 0.25) is 5.76 Å². The molecule has 0 N–H and O–H groups in total. The third-order valence-electron chi connectivity index (χ3n) is 3.83. The fourth-order valence-corrected chi connectivity index (χ4v) is 2.61. The maximum absolute atomic E-state index is 12.5. The first-order valence-corrected chi connectivity index (χ1v) is 7.31. The largest absolute Gasteiger partial charge is 0.377 e. The molecule has 0 aliphatic carbocycles. The van der Waals surface area contributed by atoms with E-state index in [1.165, 1.54) is 6.20 Å². The molecule has 116 valence electrons. The van der Waals surface area contributed by atoms with Gasteiger partial charge in [-0.25, -0.2) is 0 Å². The van der Waals surface area contributed by atoms with E-state index in [4.69, 9.17) is 9.26 Å². The molecule has 0 bridgehead atoms. The Morgan fingerprint density at radius 2 is 2.23 bits per heavy atom. The van der Waals surface area contributed by atoms with Crippen molar-refractivity contribution in [3.05, 3.63) is 41.8 Å². The summed E-state index contributed by atoms with van der Waals surface area (Å²) in [4.78, 5) is 22.8. The lowest BCUT2D eigenvalue weighted by molar-refractivity contribution is -0.00604. The van der Waals surface area contributed by atoms with Gasteiger partial charge in [0.25, 0.3) is 5.91 Å². The summed E-state index contributed by atoms with van der Waals surface area (Å²) in [5.74, 6) is 0.129. The van der Waals surface area contributed by atoms with E-state index in [0.29, 0.717) is 19.8 Å². The first-order chi connectivity index (χ1) is 10.8. The molecule has 0 radical (unpaired) electrons. The molecule has 1 amide bonds. The number of hydrogen-bond donors (Lipinski definition) is 0. The summed E-state index contributed by atoms with van der Waals surface area (Å²) in [7, 11) is 0. The molecule has 0 aromatic carbocycles. The fourth-order valence-electron chi connectivity index (χ4n) is 2.61. The summed E-state index contributed by atoms with van der Waals surface area (Å²) in [6, 6.07) is 1.59. The molecule has 3 heterocycles. The predicted molar refractivity (Wildman–Crippen MR) is 77.2 cm³/mol. The van der Waals surface area contributed by atoms with Gasteiger partial charge in [-0.15, -0.1) is 0 Å². The van der Waals surface area contributed by atoms with Crippen molar-refractivity contribution >= 4 is 5.91 Å². The van der Waals surface area contributed by atoms with Gasteiger partial charge in [-0.3, -0.25) is 14.8 Å². The van der Waals surface area contributed by atoms with Crippen molar-refractivity contribution in [2.45, 2.75) is 25.8 Å². The van der Waals surface area contributed by atoms with Gasteiger partial charge in [0.05, 0.1) is 36.8 Å². The van der Waals surface area contributed by atoms with E-state index in [2.05, 4.69) is 15.1 Å². The summed E-state index contributed by atoms with van der Waals surface area (Å²) in [6.45, 7) is 3.57. The van der Waals surface area contributed by atoms with Crippen molar-refractivity contribution in [3.63, 3.8) is 0 Å². The minimum Gasteiger partial charge on any atom is -0.377 e. The smallest absolute Gasteiger partial charge is 0.292 e. The quantitative estimate of drug-likeness (QED) is 0.845.